The summed E-state index contributed by atoms with van der Waals surface area (Å²) in [6.45, 7) is 1.74. The number of piperidine rings is 1. The quantitative estimate of drug-likeness (QED) is 0.771. The van der Waals surface area contributed by atoms with Gasteiger partial charge < -0.3 is 15.5 Å². The lowest BCUT2D eigenvalue weighted by atomic mass is 9.98. The van der Waals surface area contributed by atoms with Crippen LogP contribution in [-0.4, -0.2) is 57.7 Å². The summed E-state index contributed by atoms with van der Waals surface area (Å²) in [6.07, 6.45) is 9.39. The zero-order chi connectivity index (χ0) is 19.1. The molecule has 1 aliphatic heterocycles. The molecule has 2 amide bonds. The first kappa shape index (κ1) is 18.9. The van der Waals surface area contributed by atoms with Crippen molar-refractivity contribution in [1.82, 2.24) is 25.0 Å². The third-order valence-electron chi connectivity index (χ3n) is 4.86. The molecule has 0 aliphatic carbocycles. The Morgan fingerprint density at radius 2 is 2.19 bits per heavy atom. The fraction of sp³-hybridized carbons (Fsp3) is 0.474. The van der Waals surface area contributed by atoms with Crippen molar-refractivity contribution in [2.75, 3.05) is 25.5 Å². The molecule has 0 unspecified atom stereocenters. The Kier molecular flexibility index (Phi) is 6.40. The van der Waals surface area contributed by atoms with Crippen LogP contribution < -0.4 is 10.6 Å². The summed E-state index contributed by atoms with van der Waals surface area (Å²) in [6, 6.07) is 5.64. The molecule has 1 saturated heterocycles. The lowest BCUT2D eigenvalue weighted by molar-refractivity contribution is -0.118. The van der Waals surface area contributed by atoms with Gasteiger partial charge in [-0.2, -0.15) is 5.10 Å². The minimum Gasteiger partial charge on any atom is -0.361 e. The monoisotopic (exact) mass is 370 g/mol. The second kappa shape index (κ2) is 9.16. The van der Waals surface area contributed by atoms with Crippen molar-refractivity contribution >= 4 is 17.6 Å². The predicted octanol–water partition coefficient (Wildman–Crippen LogP) is 1.52. The van der Waals surface area contributed by atoms with Gasteiger partial charge in [0.25, 0.3) is 5.91 Å². The smallest absolute Gasteiger partial charge is 0.255 e. The molecule has 144 valence electrons. The maximum absolute atomic E-state index is 13.0. The molecule has 2 aromatic heterocycles. The van der Waals surface area contributed by atoms with E-state index in [1.807, 2.05) is 21.8 Å². The number of nitrogens with one attached hydrogen (secondary N) is 2. The Morgan fingerprint density at radius 3 is 2.89 bits per heavy atom. The number of likely N-dealkylation sites (tertiary alicyclic amines) is 1. The number of pyridine rings is 1. The molecule has 3 rings (SSSR count). The van der Waals surface area contributed by atoms with Crippen molar-refractivity contribution in [2.45, 2.75) is 38.3 Å². The highest BCUT2D eigenvalue weighted by Crippen LogP contribution is 2.22. The van der Waals surface area contributed by atoms with Crippen LogP contribution in [0.15, 0.2) is 36.8 Å². The molecule has 0 saturated carbocycles. The van der Waals surface area contributed by atoms with E-state index in [-0.39, 0.29) is 24.4 Å². The van der Waals surface area contributed by atoms with Gasteiger partial charge in [-0.25, -0.2) is 4.98 Å². The molecule has 8 nitrogen and oxygen atoms in total. The van der Waals surface area contributed by atoms with E-state index in [1.54, 1.807) is 31.6 Å². The first-order valence-electron chi connectivity index (χ1n) is 9.36. The van der Waals surface area contributed by atoms with Crippen molar-refractivity contribution < 1.29 is 9.59 Å². The molecular weight excluding hydrogens is 344 g/mol. The Labute approximate surface area is 159 Å². The second-order valence-electron chi connectivity index (χ2n) is 6.66. The second-order valence-corrected chi connectivity index (χ2v) is 6.66. The molecule has 2 aromatic rings. The Hall–Kier alpha value is -2.90. The number of likely N-dealkylation sites (N-methyl/N-ethyl adjacent to an activating group) is 1. The van der Waals surface area contributed by atoms with Crippen LogP contribution in [0, 0.1) is 0 Å². The number of amides is 2. The van der Waals surface area contributed by atoms with Crippen LogP contribution in [0.25, 0.3) is 0 Å². The number of aromatic nitrogens is 3. The number of nitrogens with zero attached hydrogens (tertiary/aromatic N) is 4. The van der Waals surface area contributed by atoms with E-state index in [2.05, 4.69) is 20.7 Å². The van der Waals surface area contributed by atoms with Gasteiger partial charge >= 0.3 is 0 Å². The van der Waals surface area contributed by atoms with Crippen molar-refractivity contribution in [3.05, 3.63) is 42.4 Å². The van der Waals surface area contributed by atoms with Gasteiger partial charge in [-0.3, -0.25) is 14.3 Å². The lowest BCUT2D eigenvalue weighted by Crippen LogP contribution is -2.44. The summed E-state index contributed by atoms with van der Waals surface area (Å²) in [5.74, 6) is 0.472. The van der Waals surface area contributed by atoms with Crippen LogP contribution >= 0.6 is 0 Å². The molecule has 0 radical (unpaired) electrons. The number of carbonyl (C=O) groups is 2. The SMILES string of the molecule is CNC(=O)CNc1ccc(C(=O)N2CCCC[C@H]2CCn2cccn2)cn1. The number of aryl methyl sites for hydroxylation is 1. The van der Waals surface area contributed by atoms with Gasteiger partial charge in [0.2, 0.25) is 5.91 Å². The van der Waals surface area contributed by atoms with E-state index < -0.39 is 0 Å². The molecule has 1 atom stereocenters. The Morgan fingerprint density at radius 1 is 1.30 bits per heavy atom. The zero-order valence-electron chi connectivity index (χ0n) is 15.6. The van der Waals surface area contributed by atoms with Crippen LogP contribution in [0.4, 0.5) is 5.82 Å². The lowest BCUT2D eigenvalue weighted by Gasteiger charge is -2.36. The molecule has 0 aromatic carbocycles. The van der Waals surface area contributed by atoms with Gasteiger partial charge in [-0.1, -0.05) is 0 Å². The zero-order valence-corrected chi connectivity index (χ0v) is 15.6. The standard InChI is InChI=1S/C19H26N6O2/c1-20-18(26)14-22-17-7-6-15(13-21-17)19(27)25-11-3-2-5-16(25)8-12-24-10-4-9-23-24/h4,6-7,9-10,13,16H,2-3,5,8,11-12,14H2,1H3,(H,20,26)(H,21,22)/t16-/m0/s1. The topological polar surface area (TPSA) is 92.2 Å². The van der Waals surface area contributed by atoms with E-state index >= 15 is 0 Å². The molecular formula is C19H26N6O2. The summed E-state index contributed by atoms with van der Waals surface area (Å²) < 4.78 is 1.91. The molecule has 0 spiro atoms. The summed E-state index contributed by atoms with van der Waals surface area (Å²) in [4.78, 5) is 30.5. The molecule has 27 heavy (non-hydrogen) atoms. The van der Waals surface area contributed by atoms with Crippen molar-refractivity contribution in [2.24, 2.45) is 0 Å². The van der Waals surface area contributed by atoms with E-state index in [1.165, 1.54) is 0 Å². The summed E-state index contributed by atoms with van der Waals surface area (Å²) in [7, 11) is 1.58. The van der Waals surface area contributed by atoms with E-state index in [0.717, 1.165) is 38.8 Å². The van der Waals surface area contributed by atoms with E-state index in [0.29, 0.717) is 11.4 Å². The molecule has 0 bridgehead atoms. The normalized spacial score (nSPS) is 16.8. The average Bonchev–Trinajstić information content (AvgIpc) is 3.24. The Balaban J connectivity index is 1.60. The first-order valence-corrected chi connectivity index (χ1v) is 9.36. The van der Waals surface area contributed by atoms with Gasteiger partial charge in [0, 0.05) is 44.8 Å². The fourth-order valence-corrected chi connectivity index (χ4v) is 3.33. The minimum atomic E-state index is -0.120. The summed E-state index contributed by atoms with van der Waals surface area (Å²) >= 11 is 0. The number of carbonyl (C=O) groups excluding carboxylic acids is 2. The first-order chi connectivity index (χ1) is 13.2. The number of hydrogen-bond acceptors (Lipinski definition) is 5. The van der Waals surface area contributed by atoms with Crippen LogP contribution in [0.3, 0.4) is 0 Å². The number of rotatable bonds is 7. The molecule has 1 aliphatic rings. The maximum atomic E-state index is 13.0. The molecule has 1 fully saturated rings. The highest BCUT2D eigenvalue weighted by atomic mass is 16.2. The molecule has 3 heterocycles. The van der Waals surface area contributed by atoms with Crippen molar-refractivity contribution in [1.29, 1.82) is 0 Å². The van der Waals surface area contributed by atoms with Gasteiger partial charge in [0.05, 0.1) is 12.1 Å². The van der Waals surface area contributed by atoms with Crippen LogP contribution in [0.5, 0.6) is 0 Å². The Bertz CT molecular complexity index is 744. The van der Waals surface area contributed by atoms with Crippen LogP contribution in [-0.2, 0) is 11.3 Å². The van der Waals surface area contributed by atoms with Crippen LogP contribution in [0.2, 0.25) is 0 Å². The maximum Gasteiger partial charge on any atom is 0.255 e. The minimum absolute atomic E-state index is 0.0190. The number of hydrogen-bond donors (Lipinski definition) is 2. The van der Waals surface area contributed by atoms with E-state index in [4.69, 9.17) is 0 Å². The van der Waals surface area contributed by atoms with Crippen molar-refractivity contribution in [3.63, 3.8) is 0 Å². The predicted molar refractivity (Wildman–Crippen MR) is 102 cm³/mol. The highest BCUT2D eigenvalue weighted by molar-refractivity contribution is 5.94. The summed E-state index contributed by atoms with van der Waals surface area (Å²) in [5.41, 5.74) is 0.575. The number of anilines is 1. The average molecular weight is 370 g/mol. The third kappa shape index (κ3) is 5.06. The van der Waals surface area contributed by atoms with Gasteiger partial charge in [0.15, 0.2) is 0 Å². The molecule has 2 N–H and O–H groups in total. The van der Waals surface area contributed by atoms with Gasteiger partial charge in [0.1, 0.15) is 5.82 Å². The van der Waals surface area contributed by atoms with Crippen molar-refractivity contribution in [3.8, 4) is 0 Å². The highest BCUT2D eigenvalue weighted by Gasteiger charge is 2.27. The largest absolute Gasteiger partial charge is 0.361 e. The summed E-state index contributed by atoms with van der Waals surface area (Å²) in [5, 5.41) is 9.71. The fourth-order valence-electron chi connectivity index (χ4n) is 3.33. The van der Waals surface area contributed by atoms with E-state index in [9.17, 15) is 9.59 Å². The van der Waals surface area contributed by atoms with Gasteiger partial charge in [-0.15, -0.1) is 0 Å². The molecule has 8 heteroatoms. The van der Waals surface area contributed by atoms with Crippen LogP contribution in [0.1, 0.15) is 36.0 Å². The van der Waals surface area contributed by atoms with Gasteiger partial charge in [-0.05, 0) is 43.9 Å². The third-order valence-corrected chi connectivity index (χ3v) is 4.86.